The quantitative estimate of drug-likeness (QED) is 0.410. The number of hydrogen-bond donors (Lipinski definition) is 4. The van der Waals surface area contributed by atoms with Crippen molar-refractivity contribution in [2.45, 2.75) is 43.9 Å². The van der Waals surface area contributed by atoms with E-state index < -0.39 is 29.7 Å². The third-order valence-corrected chi connectivity index (χ3v) is 2.80. The minimum absolute atomic E-state index is 0.472. The van der Waals surface area contributed by atoms with E-state index >= 15 is 0 Å². The molecule has 1 unspecified atom stereocenters. The van der Waals surface area contributed by atoms with Crippen LogP contribution in [0.5, 0.6) is 0 Å². The van der Waals surface area contributed by atoms with Crippen molar-refractivity contribution < 1.29 is 25.2 Å². The fraction of sp³-hybridized carbons (Fsp3) is 1.00. The largest absolute Gasteiger partial charge is 0.393 e. The molecule has 1 fully saturated rings. The van der Waals surface area contributed by atoms with Gasteiger partial charge in [0.05, 0.1) is 6.61 Å². The lowest BCUT2D eigenvalue weighted by Gasteiger charge is -2.31. The Balaban J connectivity index is 3.05. The number of hydrogen-bond acceptors (Lipinski definition) is 5. The molecule has 4 atom stereocenters. The first-order valence-electron chi connectivity index (χ1n) is 4.11. The standard InChI is InChI=1S/C8H16O5/c1-6(4-9)5(10)7(2,11)8(3,12)13-6/h5,9-12H,4H2,1-3H3/t5-,6+,7?,8+/m0/s1. The second kappa shape index (κ2) is 2.65. The molecule has 0 aromatic rings. The first-order valence-corrected chi connectivity index (χ1v) is 4.11. The van der Waals surface area contributed by atoms with E-state index in [0.717, 1.165) is 0 Å². The van der Waals surface area contributed by atoms with Gasteiger partial charge in [-0.05, 0) is 20.8 Å². The van der Waals surface area contributed by atoms with E-state index in [1.807, 2.05) is 0 Å². The van der Waals surface area contributed by atoms with Crippen molar-refractivity contribution in [2.24, 2.45) is 0 Å². The van der Waals surface area contributed by atoms with Gasteiger partial charge in [-0.15, -0.1) is 0 Å². The molecule has 0 saturated carbocycles. The first kappa shape index (κ1) is 10.9. The molecule has 0 bridgehead atoms. The van der Waals surface area contributed by atoms with Gasteiger partial charge in [0.2, 0.25) is 0 Å². The van der Waals surface area contributed by atoms with Crippen molar-refractivity contribution in [3.05, 3.63) is 0 Å². The maximum atomic E-state index is 9.72. The smallest absolute Gasteiger partial charge is 0.195 e. The third kappa shape index (κ3) is 1.28. The summed E-state index contributed by atoms with van der Waals surface area (Å²) in [5, 5.41) is 37.9. The van der Waals surface area contributed by atoms with Crippen molar-refractivity contribution in [2.75, 3.05) is 6.61 Å². The Labute approximate surface area is 76.6 Å². The molecule has 1 heterocycles. The number of rotatable bonds is 1. The monoisotopic (exact) mass is 192 g/mol. The zero-order chi connectivity index (χ0) is 10.5. The Morgan fingerprint density at radius 3 is 1.85 bits per heavy atom. The number of aliphatic hydroxyl groups is 4. The van der Waals surface area contributed by atoms with E-state index in [4.69, 9.17) is 9.84 Å². The minimum atomic E-state index is -1.86. The van der Waals surface area contributed by atoms with Crippen molar-refractivity contribution in [3.63, 3.8) is 0 Å². The molecule has 0 spiro atoms. The summed E-state index contributed by atoms with van der Waals surface area (Å²) in [4.78, 5) is 0. The first-order chi connectivity index (χ1) is 5.67. The number of aliphatic hydroxyl groups excluding tert-OH is 2. The molecule has 0 aromatic carbocycles. The Bertz CT molecular complexity index is 213. The van der Waals surface area contributed by atoms with Crippen LogP contribution in [0.1, 0.15) is 20.8 Å². The summed E-state index contributed by atoms with van der Waals surface area (Å²) in [7, 11) is 0. The fourth-order valence-corrected chi connectivity index (χ4v) is 1.58. The van der Waals surface area contributed by atoms with Gasteiger partial charge < -0.3 is 25.2 Å². The normalized spacial score (nSPS) is 57.0. The summed E-state index contributed by atoms with van der Waals surface area (Å²) in [6.07, 6.45) is -1.33. The van der Waals surface area contributed by atoms with Gasteiger partial charge in [-0.25, -0.2) is 0 Å². The topological polar surface area (TPSA) is 90.2 Å². The lowest BCUT2D eigenvalue weighted by molar-refractivity contribution is -0.264. The summed E-state index contributed by atoms with van der Waals surface area (Å²) in [5.74, 6) is -1.86. The van der Waals surface area contributed by atoms with Crippen LogP contribution < -0.4 is 0 Å². The van der Waals surface area contributed by atoms with Crippen LogP contribution >= 0.6 is 0 Å². The molecule has 78 valence electrons. The van der Waals surface area contributed by atoms with Gasteiger partial charge in [0, 0.05) is 0 Å². The van der Waals surface area contributed by atoms with E-state index in [0.29, 0.717) is 0 Å². The van der Waals surface area contributed by atoms with Crippen LogP contribution in [0.3, 0.4) is 0 Å². The molecular formula is C8H16O5. The van der Waals surface area contributed by atoms with E-state index in [1.165, 1.54) is 20.8 Å². The highest BCUT2D eigenvalue weighted by atomic mass is 16.7. The summed E-state index contributed by atoms with van der Waals surface area (Å²) in [6.45, 7) is 3.46. The predicted octanol–water partition coefficient (Wildman–Crippen LogP) is -1.41. The van der Waals surface area contributed by atoms with Crippen LogP contribution in [0.25, 0.3) is 0 Å². The summed E-state index contributed by atoms with van der Waals surface area (Å²) >= 11 is 0. The molecule has 4 N–H and O–H groups in total. The molecule has 5 nitrogen and oxygen atoms in total. The zero-order valence-electron chi connectivity index (χ0n) is 7.98. The van der Waals surface area contributed by atoms with Gasteiger partial charge in [-0.2, -0.15) is 0 Å². The Morgan fingerprint density at radius 2 is 1.69 bits per heavy atom. The van der Waals surface area contributed by atoms with E-state index in [9.17, 15) is 15.3 Å². The van der Waals surface area contributed by atoms with Gasteiger partial charge >= 0.3 is 0 Å². The molecule has 1 aliphatic heterocycles. The van der Waals surface area contributed by atoms with Crippen LogP contribution in [-0.4, -0.2) is 50.1 Å². The zero-order valence-corrected chi connectivity index (χ0v) is 7.98. The lowest BCUT2D eigenvalue weighted by atomic mass is 9.86. The van der Waals surface area contributed by atoms with Gasteiger partial charge in [0.25, 0.3) is 0 Å². The molecule has 1 aliphatic rings. The maximum Gasteiger partial charge on any atom is 0.195 e. The molecule has 0 radical (unpaired) electrons. The molecule has 1 rings (SSSR count). The van der Waals surface area contributed by atoms with Gasteiger partial charge in [0.15, 0.2) is 5.79 Å². The highest BCUT2D eigenvalue weighted by Gasteiger charge is 2.64. The fourth-order valence-electron chi connectivity index (χ4n) is 1.58. The van der Waals surface area contributed by atoms with Crippen LogP contribution in [0.15, 0.2) is 0 Å². The number of ether oxygens (including phenoxy) is 1. The minimum Gasteiger partial charge on any atom is -0.393 e. The molecule has 0 aromatic heterocycles. The van der Waals surface area contributed by atoms with Crippen LogP contribution in [0.2, 0.25) is 0 Å². The van der Waals surface area contributed by atoms with Gasteiger partial charge in [-0.1, -0.05) is 0 Å². The predicted molar refractivity (Wildman–Crippen MR) is 43.8 cm³/mol. The van der Waals surface area contributed by atoms with Gasteiger partial charge in [-0.3, -0.25) is 0 Å². The van der Waals surface area contributed by atoms with Crippen LogP contribution in [0, 0.1) is 0 Å². The Kier molecular flexibility index (Phi) is 2.22. The SMILES string of the molecule is CC1(O)[C@@H](O)[C@@](C)(CO)O[C@@]1(C)O. The van der Waals surface area contributed by atoms with Crippen molar-refractivity contribution in [1.29, 1.82) is 0 Å². The average Bonchev–Trinajstić information content (AvgIpc) is 2.11. The molecule has 13 heavy (non-hydrogen) atoms. The third-order valence-electron chi connectivity index (χ3n) is 2.80. The second-order valence-corrected chi connectivity index (χ2v) is 4.11. The molecule has 0 amide bonds. The Morgan fingerprint density at radius 1 is 1.23 bits per heavy atom. The van der Waals surface area contributed by atoms with Gasteiger partial charge in [0.1, 0.15) is 17.3 Å². The van der Waals surface area contributed by atoms with Crippen molar-refractivity contribution in [1.82, 2.24) is 0 Å². The average molecular weight is 192 g/mol. The van der Waals surface area contributed by atoms with Crippen LogP contribution in [0.4, 0.5) is 0 Å². The molecular weight excluding hydrogens is 176 g/mol. The Hall–Kier alpha value is -0.200. The second-order valence-electron chi connectivity index (χ2n) is 4.11. The van der Waals surface area contributed by atoms with Crippen LogP contribution in [-0.2, 0) is 4.74 Å². The lowest BCUT2D eigenvalue weighted by Crippen LogP contribution is -2.53. The highest BCUT2D eigenvalue weighted by Crippen LogP contribution is 2.43. The van der Waals surface area contributed by atoms with E-state index in [2.05, 4.69) is 0 Å². The van der Waals surface area contributed by atoms with Crippen molar-refractivity contribution in [3.8, 4) is 0 Å². The van der Waals surface area contributed by atoms with E-state index in [1.54, 1.807) is 0 Å². The summed E-state index contributed by atoms with van der Waals surface area (Å²) in [5.41, 5.74) is -3.11. The highest BCUT2D eigenvalue weighted by molar-refractivity contribution is 5.09. The summed E-state index contributed by atoms with van der Waals surface area (Å²) in [6, 6.07) is 0. The summed E-state index contributed by atoms with van der Waals surface area (Å²) < 4.78 is 5.02. The molecule has 0 aliphatic carbocycles. The molecule has 1 saturated heterocycles. The maximum absolute atomic E-state index is 9.72. The van der Waals surface area contributed by atoms with E-state index in [-0.39, 0.29) is 0 Å². The molecule has 5 heteroatoms. The van der Waals surface area contributed by atoms with Crippen molar-refractivity contribution >= 4 is 0 Å².